The van der Waals surface area contributed by atoms with Gasteiger partial charge >= 0.3 is 0 Å². The maximum Gasteiger partial charge on any atom is 0.109 e. The largest absolute Gasteiger partial charge is 0.394 e. The maximum absolute atomic E-state index is 9.90. The van der Waals surface area contributed by atoms with Gasteiger partial charge in [-0.2, -0.15) is 0 Å². The molecule has 1 aliphatic rings. The van der Waals surface area contributed by atoms with Gasteiger partial charge in [0.1, 0.15) is 12.2 Å². The van der Waals surface area contributed by atoms with E-state index in [1.807, 2.05) is 20.8 Å². The predicted octanol–water partition coefficient (Wildman–Crippen LogP) is 0.193. The normalized spacial score (nSPS) is 32.8. The minimum Gasteiger partial charge on any atom is -0.394 e. The number of aliphatic hydroxyl groups excluding tert-OH is 3. The van der Waals surface area contributed by atoms with Gasteiger partial charge < -0.3 is 20.1 Å². The zero-order valence-electron chi connectivity index (χ0n) is 11.9. The van der Waals surface area contributed by atoms with E-state index in [1.165, 1.54) is 0 Å². The van der Waals surface area contributed by atoms with E-state index in [0.29, 0.717) is 0 Å². The first-order valence-electron chi connectivity index (χ1n) is 5.49. The van der Waals surface area contributed by atoms with E-state index in [4.69, 9.17) is 15.4 Å². The summed E-state index contributed by atoms with van der Waals surface area (Å²) in [5, 5.41) is 32.2. The van der Waals surface area contributed by atoms with Crippen molar-refractivity contribution >= 4 is 0 Å². The zero-order chi connectivity index (χ0) is 13.2. The first-order valence-corrected chi connectivity index (χ1v) is 5.49. The number of hydrogen-bond acceptors (Lipinski definition) is 5. The first kappa shape index (κ1) is 28.3. The average Bonchev–Trinajstić information content (AvgIpc) is 2.24. The molecule has 0 aromatic rings. The van der Waals surface area contributed by atoms with Gasteiger partial charge in [0, 0.05) is 137 Å². The van der Waals surface area contributed by atoms with Crippen molar-refractivity contribution in [1.82, 2.24) is 0 Å². The van der Waals surface area contributed by atoms with Crippen molar-refractivity contribution in [1.29, 1.82) is 0 Å². The summed E-state index contributed by atoms with van der Waals surface area (Å²) in [4.78, 5) is 2.67. The van der Waals surface area contributed by atoms with Crippen molar-refractivity contribution in [2.24, 2.45) is 10.5 Å². The molecule has 0 aliphatic carbocycles. The Balaban J connectivity index is -0.000000963. The molecule has 1 aliphatic heterocycles. The van der Waals surface area contributed by atoms with Crippen LogP contribution in [0.2, 0.25) is 0 Å². The van der Waals surface area contributed by atoms with E-state index >= 15 is 0 Å². The molecular formula is C10H19Ac3N3O4. The molecule has 0 aromatic carbocycles. The van der Waals surface area contributed by atoms with E-state index in [9.17, 15) is 10.2 Å². The molecule has 0 amide bonds. The molecule has 1 saturated heterocycles. The molecule has 1 heterocycles. The van der Waals surface area contributed by atoms with Crippen LogP contribution in [0, 0.1) is 138 Å². The summed E-state index contributed by atoms with van der Waals surface area (Å²) in [5.74, 6) is 0. The summed E-state index contributed by atoms with van der Waals surface area (Å²) >= 11 is 0. The number of ether oxygens (including phenoxy) is 1. The fraction of sp³-hybridized carbons (Fsp3) is 1.00. The van der Waals surface area contributed by atoms with Crippen molar-refractivity contribution in [2.45, 2.75) is 51.2 Å². The summed E-state index contributed by atoms with van der Waals surface area (Å²) in [6.07, 6.45) is -3.91. The van der Waals surface area contributed by atoms with Gasteiger partial charge in [-0.25, -0.2) is 0 Å². The molecule has 3 N–H and O–H groups in total. The molecule has 0 bridgehead atoms. The molecule has 0 unspecified atom stereocenters. The summed E-state index contributed by atoms with van der Waals surface area (Å²) in [6.45, 7) is 5.22. The fourth-order valence-electron chi connectivity index (χ4n) is 2.01. The van der Waals surface area contributed by atoms with Crippen molar-refractivity contribution in [3.05, 3.63) is 10.4 Å². The van der Waals surface area contributed by atoms with Crippen molar-refractivity contribution < 1.29 is 152 Å². The van der Waals surface area contributed by atoms with Gasteiger partial charge in [0.05, 0.1) is 24.9 Å². The van der Waals surface area contributed by atoms with Gasteiger partial charge in [-0.1, -0.05) is 25.9 Å². The molecular weight excluding hydrogens is 907 g/mol. The molecule has 20 heavy (non-hydrogen) atoms. The van der Waals surface area contributed by atoms with Gasteiger partial charge in [-0.15, -0.1) is 0 Å². The van der Waals surface area contributed by atoms with Crippen LogP contribution < -0.4 is 0 Å². The Bertz CT molecular complexity index is 323. The van der Waals surface area contributed by atoms with Crippen LogP contribution in [-0.4, -0.2) is 52.4 Å². The predicted molar refractivity (Wildman–Crippen MR) is 60.1 cm³/mol. The number of hydrogen-bond donors (Lipinski definition) is 3. The van der Waals surface area contributed by atoms with E-state index < -0.39 is 37.1 Å². The smallest absolute Gasteiger partial charge is 0.109 e. The van der Waals surface area contributed by atoms with Crippen molar-refractivity contribution in [2.75, 3.05) is 6.61 Å². The van der Waals surface area contributed by atoms with Gasteiger partial charge in [0.2, 0.25) is 0 Å². The van der Waals surface area contributed by atoms with E-state index in [2.05, 4.69) is 10.0 Å². The molecule has 10 heteroatoms. The van der Waals surface area contributed by atoms with Crippen LogP contribution in [0.1, 0.15) is 20.8 Å². The number of azide groups is 1. The van der Waals surface area contributed by atoms with Crippen LogP contribution in [0.4, 0.5) is 0 Å². The van der Waals surface area contributed by atoms with Gasteiger partial charge in [0.15, 0.2) is 0 Å². The van der Waals surface area contributed by atoms with E-state index in [-0.39, 0.29) is 138 Å². The molecule has 0 aromatic heterocycles. The van der Waals surface area contributed by atoms with E-state index in [0.717, 1.165) is 0 Å². The third kappa shape index (κ3) is 7.57. The first-order chi connectivity index (χ1) is 7.82. The molecule has 107 valence electrons. The van der Waals surface area contributed by atoms with Gasteiger partial charge in [-0.05, 0) is 10.9 Å². The van der Waals surface area contributed by atoms with Gasteiger partial charge in [-0.3, -0.25) is 0 Å². The van der Waals surface area contributed by atoms with Crippen LogP contribution in [0.3, 0.4) is 0 Å². The topological polar surface area (TPSA) is 119 Å². The summed E-state index contributed by atoms with van der Waals surface area (Å²) in [5.41, 5.74) is 8.11. The second-order valence-electron chi connectivity index (χ2n) is 5.32. The third-order valence-electron chi connectivity index (χ3n) is 2.93. The van der Waals surface area contributed by atoms with Crippen LogP contribution in [0.5, 0.6) is 0 Å². The molecule has 1 fully saturated rings. The third-order valence-corrected chi connectivity index (χ3v) is 2.93. The number of nitrogens with zero attached hydrogens (tertiary/aromatic N) is 3. The number of aliphatic hydroxyl groups is 3. The Morgan fingerprint density at radius 3 is 2.00 bits per heavy atom. The average molecular weight is 926 g/mol. The van der Waals surface area contributed by atoms with Gasteiger partial charge in [0.25, 0.3) is 0 Å². The molecule has 7 nitrogen and oxygen atoms in total. The van der Waals surface area contributed by atoms with Crippen LogP contribution in [-0.2, 0) is 4.74 Å². The Morgan fingerprint density at radius 1 is 1.15 bits per heavy atom. The Hall–Kier alpha value is 3.47. The van der Waals surface area contributed by atoms with Crippen LogP contribution >= 0.6 is 0 Å². The molecule has 3 radical (unpaired) electrons. The zero-order valence-corrected chi connectivity index (χ0v) is 26.2. The van der Waals surface area contributed by atoms with E-state index in [1.54, 1.807) is 0 Å². The monoisotopic (exact) mass is 926 g/mol. The number of rotatable bonds is 2. The minimum absolute atomic E-state index is 0. The fourth-order valence-corrected chi connectivity index (χ4v) is 2.01. The molecule has 5 atom stereocenters. The summed E-state index contributed by atoms with van der Waals surface area (Å²) < 4.78 is 5.52. The quantitative estimate of drug-likeness (QED) is 0.209. The minimum atomic E-state index is -1.26. The molecule has 0 spiro atoms. The maximum atomic E-state index is 9.90. The Kier molecular flexibility index (Phi) is 18.1. The SMILES string of the molecule is CC(C)(C)[C@@H]1O[C@H](CO)[C@H](O)[C@H](O)[C@H]1N=[N+]=[N-].[Ac].[Ac].[Ac]. The van der Waals surface area contributed by atoms with Crippen LogP contribution in [0.25, 0.3) is 10.4 Å². The second kappa shape index (κ2) is 12.8. The van der Waals surface area contributed by atoms with Crippen molar-refractivity contribution in [3.63, 3.8) is 0 Å². The summed E-state index contributed by atoms with van der Waals surface area (Å²) in [7, 11) is 0. The Labute approximate surface area is 226 Å². The molecule has 1 rings (SSSR count). The summed E-state index contributed by atoms with van der Waals surface area (Å²) in [6, 6.07) is -0.863. The standard InChI is InChI=1S/C10H19N3O4.3Ac/c1-10(2,3)9-6(12-13-11)8(16)7(15)5(4-14)17-9;;;/h5-9,14-16H,4H2,1-3H3;;;/t5-,6-,7+,8-,9-;;;/m1.../s1. The second-order valence-corrected chi connectivity index (χ2v) is 5.32. The Morgan fingerprint density at radius 2 is 1.65 bits per heavy atom. The van der Waals surface area contributed by atoms with Crippen molar-refractivity contribution in [3.8, 4) is 0 Å². The van der Waals surface area contributed by atoms with Crippen LogP contribution in [0.15, 0.2) is 5.11 Å². The molecule has 0 saturated carbocycles.